The van der Waals surface area contributed by atoms with Crippen molar-refractivity contribution in [2.45, 2.75) is 58.2 Å². The summed E-state index contributed by atoms with van der Waals surface area (Å²) in [7, 11) is 2.00. The molecule has 0 aromatic carbocycles. The molecule has 20 heavy (non-hydrogen) atoms. The summed E-state index contributed by atoms with van der Waals surface area (Å²) in [4.78, 5) is 0. The van der Waals surface area contributed by atoms with E-state index in [1.54, 1.807) is 6.20 Å². The zero-order valence-corrected chi connectivity index (χ0v) is 13.7. The fourth-order valence-electron chi connectivity index (χ4n) is 3.03. The topological polar surface area (TPSA) is 39.1 Å². The summed E-state index contributed by atoms with van der Waals surface area (Å²) in [6, 6.07) is 0.589. The quantitative estimate of drug-likeness (QED) is 0.836. The van der Waals surface area contributed by atoms with E-state index in [2.05, 4.69) is 31.2 Å². The Morgan fingerprint density at radius 3 is 2.75 bits per heavy atom. The highest BCUT2D eigenvalue weighted by atomic mass is 35.5. The van der Waals surface area contributed by atoms with Crippen LogP contribution in [0.1, 0.15) is 57.8 Å². The molecular weight excluding hydrogens is 274 g/mol. The highest BCUT2D eigenvalue weighted by Gasteiger charge is 2.33. The maximum absolute atomic E-state index is 6.34. The summed E-state index contributed by atoms with van der Waals surface area (Å²) in [6.45, 7) is 7.14. The van der Waals surface area contributed by atoms with E-state index in [1.165, 1.54) is 12.8 Å². The molecule has 5 heteroatoms. The van der Waals surface area contributed by atoms with Crippen LogP contribution in [0.25, 0.3) is 0 Å². The molecule has 0 aliphatic heterocycles. The summed E-state index contributed by atoms with van der Waals surface area (Å²) < 4.78 is 7.67. The minimum Gasteiger partial charge on any atom is -0.378 e. The lowest BCUT2D eigenvalue weighted by Gasteiger charge is -2.37. The molecule has 1 aliphatic rings. The van der Waals surface area contributed by atoms with Crippen LogP contribution in [0.2, 0.25) is 5.02 Å². The predicted molar refractivity (Wildman–Crippen MR) is 82.2 cm³/mol. The summed E-state index contributed by atoms with van der Waals surface area (Å²) in [6.07, 6.45) is 5.65. The number of rotatable bonds is 7. The molecule has 0 saturated heterocycles. The van der Waals surface area contributed by atoms with Crippen LogP contribution in [-0.4, -0.2) is 29.5 Å². The van der Waals surface area contributed by atoms with Gasteiger partial charge >= 0.3 is 0 Å². The first kappa shape index (κ1) is 15.8. The third-order valence-electron chi connectivity index (χ3n) is 4.12. The molecular formula is C15H26ClN3O. The van der Waals surface area contributed by atoms with E-state index in [1.807, 2.05) is 11.7 Å². The summed E-state index contributed by atoms with van der Waals surface area (Å²) >= 11 is 6.34. The van der Waals surface area contributed by atoms with Gasteiger partial charge in [0.05, 0.1) is 29.1 Å². The molecule has 0 spiro atoms. The van der Waals surface area contributed by atoms with Crippen LogP contribution in [0.15, 0.2) is 6.20 Å². The van der Waals surface area contributed by atoms with Crippen molar-refractivity contribution in [1.82, 2.24) is 15.1 Å². The molecule has 1 aromatic heterocycles. The van der Waals surface area contributed by atoms with Crippen molar-refractivity contribution in [3.8, 4) is 0 Å². The van der Waals surface area contributed by atoms with Crippen molar-refractivity contribution in [1.29, 1.82) is 0 Å². The normalized spacial score (nSPS) is 23.9. The number of ether oxygens (including phenoxy) is 1. The van der Waals surface area contributed by atoms with Crippen molar-refractivity contribution in [2.24, 2.45) is 5.92 Å². The highest BCUT2D eigenvalue weighted by molar-refractivity contribution is 6.31. The Balaban J connectivity index is 2.01. The van der Waals surface area contributed by atoms with Crippen LogP contribution in [0.4, 0.5) is 0 Å². The van der Waals surface area contributed by atoms with E-state index in [4.69, 9.17) is 16.3 Å². The number of nitrogens with zero attached hydrogens (tertiary/aromatic N) is 2. The van der Waals surface area contributed by atoms with Crippen molar-refractivity contribution in [3.63, 3.8) is 0 Å². The Bertz CT molecular complexity index is 427. The third-order valence-corrected chi connectivity index (χ3v) is 4.41. The Hall–Kier alpha value is -0.580. The molecule has 1 saturated carbocycles. The van der Waals surface area contributed by atoms with Crippen molar-refractivity contribution in [2.75, 3.05) is 13.7 Å². The van der Waals surface area contributed by atoms with Gasteiger partial charge in [0.2, 0.25) is 0 Å². The van der Waals surface area contributed by atoms with Crippen LogP contribution in [0.5, 0.6) is 0 Å². The lowest BCUT2D eigenvalue weighted by atomic mass is 9.77. The zero-order valence-electron chi connectivity index (χ0n) is 12.9. The number of nitrogens with one attached hydrogen (secondary N) is 1. The summed E-state index contributed by atoms with van der Waals surface area (Å²) in [5.74, 6) is 0.718. The largest absolute Gasteiger partial charge is 0.378 e. The Kier molecular flexibility index (Phi) is 5.47. The van der Waals surface area contributed by atoms with E-state index in [0.717, 1.165) is 29.7 Å². The SMILES string of the molecule is CCOC1CC(CC(NC)c2c(Cl)cnn2C(C)C)C1. The molecule has 0 bridgehead atoms. The Morgan fingerprint density at radius 2 is 2.20 bits per heavy atom. The Morgan fingerprint density at radius 1 is 1.50 bits per heavy atom. The molecule has 4 nitrogen and oxygen atoms in total. The van der Waals surface area contributed by atoms with Gasteiger partial charge in [0, 0.05) is 12.6 Å². The molecule has 1 aliphatic carbocycles. The number of hydrogen-bond acceptors (Lipinski definition) is 3. The average Bonchev–Trinajstić information content (AvgIpc) is 2.74. The second-order valence-corrected chi connectivity index (χ2v) is 6.32. The van der Waals surface area contributed by atoms with Gasteiger partial charge in [-0.1, -0.05) is 11.6 Å². The predicted octanol–water partition coefficient (Wildman–Crippen LogP) is 3.58. The third kappa shape index (κ3) is 3.35. The van der Waals surface area contributed by atoms with Gasteiger partial charge in [-0.15, -0.1) is 0 Å². The lowest BCUT2D eigenvalue weighted by Crippen LogP contribution is -2.34. The van der Waals surface area contributed by atoms with E-state index in [0.29, 0.717) is 12.1 Å². The van der Waals surface area contributed by atoms with Crippen molar-refractivity contribution in [3.05, 3.63) is 16.9 Å². The monoisotopic (exact) mass is 299 g/mol. The molecule has 1 N–H and O–H groups in total. The van der Waals surface area contributed by atoms with E-state index >= 15 is 0 Å². The van der Waals surface area contributed by atoms with Gasteiger partial charge in [-0.25, -0.2) is 0 Å². The van der Waals surface area contributed by atoms with Crippen molar-refractivity contribution >= 4 is 11.6 Å². The second kappa shape index (κ2) is 6.92. The highest BCUT2D eigenvalue weighted by Crippen LogP contribution is 2.38. The molecule has 1 atom stereocenters. The second-order valence-electron chi connectivity index (χ2n) is 5.91. The van der Waals surface area contributed by atoms with Gasteiger partial charge in [0.15, 0.2) is 0 Å². The van der Waals surface area contributed by atoms with Gasteiger partial charge in [0.25, 0.3) is 0 Å². The average molecular weight is 300 g/mol. The number of aromatic nitrogens is 2. The molecule has 1 fully saturated rings. The smallest absolute Gasteiger partial charge is 0.0834 e. The van der Waals surface area contributed by atoms with Crippen LogP contribution >= 0.6 is 11.6 Å². The Labute approximate surface area is 126 Å². The van der Waals surface area contributed by atoms with E-state index < -0.39 is 0 Å². The number of halogens is 1. The van der Waals surface area contributed by atoms with E-state index in [-0.39, 0.29) is 6.04 Å². The van der Waals surface area contributed by atoms with Crippen LogP contribution in [0, 0.1) is 5.92 Å². The fraction of sp³-hybridized carbons (Fsp3) is 0.800. The van der Waals surface area contributed by atoms with Crippen LogP contribution in [-0.2, 0) is 4.74 Å². The van der Waals surface area contributed by atoms with Crippen molar-refractivity contribution < 1.29 is 4.74 Å². The standard InChI is InChI=1S/C15H26ClN3O/c1-5-20-12-6-11(7-12)8-14(17-4)15-13(16)9-18-19(15)10(2)3/h9-12,14,17H,5-8H2,1-4H3. The zero-order chi connectivity index (χ0) is 14.7. The van der Waals surface area contributed by atoms with Gasteiger partial charge in [0.1, 0.15) is 0 Å². The van der Waals surface area contributed by atoms with E-state index in [9.17, 15) is 0 Å². The molecule has 114 valence electrons. The van der Waals surface area contributed by atoms with Crippen LogP contribution < -0.4 is 5.32 Å². The van der Waals surface area contributed by atoms with Gasteiger partial charge in [-0.05, 0) is 53.0 Å². The van der Waals surface area contributed by atoms with Gasteiger partial charge < -0.3 is 10.1 Å². The molecule has 2 rings (SSSR count). The first-order valence-electron chi connectivity index (χ1n) is 7.58. The summed E-state index contributed by atoms with van der Waals surface area (Å²) in [5.41, 5.74) is 1.11. The minimum atomic E-state index is 0.264. The van der Waals surface area contributed by atoms with Gasteiger partial charge in [-0.2, -0.15) is 5.10 Å². The number of hydrogen-bond donors (Lipinski definition) is 1. The van der Waals surface area contributed by atoms with Crippen LogP contribution in [0.3, 0.4) is 0 Å². The molecule has 1 aromatic rings. The molecule has 1 heterocycles. The molecule has 0 amide bonds. The fourth-order valence-corrected chi connectivity index (χ4v) is 3.29. The minimum absolute atomic E-state index is 0.264. The van der Waals surface area contributed by atoms with Gasteiger partial charge in [-0.3, -0.25) is 4.68 Å². The summed E-state index contributed by atoms with van der Waals surface area (Å²) in [5, 5.41) is 8.56. The molecule has 0 radical (unpaired) electrons. The maximum Gasteiger partial charge on any atom is 0.0834 e. The first-order chi connectivity index (χ1) is 9.56. The maximum atomic E-state index is 6.34. The first-order valence-corrected chi connectivity index (χ1v) is 7.96. The molecule has 1 unspecified atom stereocenters. The lowest BCUT2D eigenvalue weighted by molar-refractivity contribution is -0.0292.